The number of hydrogen-bond donors (Lipinski definition) is 2. The summed E-state index contributed by atoms with van der Waals surface area (Å²) in [6.45, 7) is 2.00. The molecule has 1 aliphatic rings. The summed E-state index contributed by atoms with van der Waals surface area (Å²) in [5.41, 5.74) is 0.918. The second-order valence-corrected chi connectivity index (χ2v) is 5.40. The summed E-state index contributed by atoms with van der Waals surface area (Å²) in [5, 5.41) is 5.85. The molecule has 1 aliphatic carbocycles. The third-order valence-corrected chi connectivity index (χ3v) is 3.47. The summed E-state index contributed by atoms with van der Waals surface area (Å²) in [4.78, 5) is 32.7. The molecule has 0 unspecified atom stereocenters. The van der Waals surface area contributed by atoms with Crippen LogP contribution in [0, 0.1) is 0 Å². The van der Waals surface area contributed by atoms with E-state index in [0.717, 1.165) is 12.8 Å². The van der Waals surface area contributed by atoms with E-state index in [9.17, 15) is 9.59 Å². The van der Waals surface area contributed by atoms with Crippen molar-refractivity contribution >= 4 is 23.5 Å². The fourth-order valence-corrected chi connectivity index (χ4v) is 2.13. The molecule has 2 N–H and O–H groups in total. The summed E-state index contributed by atoms with van der Waals surface area (Å²) in [5.74, 6) is -0.455. The number of esters is 1. The molecule has 24 heavy (non-hydrogen) atoms. The first-order valence-electron chi connectivity index (χ1n) is 7.84. The van der Waals surface area contributed by atoms with Crippen molar-refractivity contribution in [3.63, 3.8) is 0 Å². The van der Waals surface area contributed by atoms with Gasteiger partial charge in [-0.05, 0) is 38.0 Å². The van der Waals surface area contributed by atoms with Crippen molar-refractivity contribution in [1.29, 1.82) is 0 Å². The van der Waals surface area contributed by atoms with Gasteiger partial charge in [0.05, 0.1) is 17.9 Å². The van der Waals surface area contributed by atoms with E-state index in [1.165, 1.54) is 12.3 Å². The zero-order valence-corrected chi connectivity index (χ0v) is 13.3. The summed E-state index contributed by atoms with van der Waals surface area (Å²) < 4.78 is 5.00. The van der Waals surface area contributed by atoms with Crippen LogP contribution in [-0.2, 0) is 4.74 Å². The second-order valence-electron chi connectivity index (χ2n) is 5.40. The van der Waals surface area contributed by atoms with E-state index in [0.29, 0.717) is 23.2 Å². The lowest BCUT2D eigenvalue weighted by Crippen LogP contribution is -2.18. The van der Waals surface area contributed by atoms with Crippen LogP contribution in [0.3, 0.4) is 0 Å². The number of ether oxygens (including phenoxy) is 1. The maximum absolute atomic E-state index is 12.4. The Labute approximate surface area is 139 Å². The monoisotopic (exact) mass is 326 g/mol. The van der Waals surface area contributed by atoms with E-state index in [1.807, 2.05) is 0 Å². The number of para-hydroxylation sites is 1. The second kappa shape index (κ2) is 7.08. The molecule has 0 bridgehead atoms. The molecule has 0 radical (unpaired) electrons. The fraction of sp³-hybridized carbons (Fsp3) is 0.294. The highest BCUT2D eigenvalue weighted by atomic mass is 16.5. The van der Waals surface area contributed by atoms with Crippen molar-refractivity contribution < 1.29 is 14.3 Å². The molecule has 1 heterocycles. The summed E-state index contributed by atoms with van der Waals surface area (Å²) in [6, 6.07) is 8.62. The van der Waals surface area contributed by atoms with E-state index < -0.39 is 11.9 Å². The standard InChI is InChI=1S/C17H18N4O3/c1-2-24-16(23)12-5-3-4-6-13(12)20-15(22)14-9-10-18-17(21-14)19-11-7-8-11/h3-6,9-11H,2,7-8H2,1H3,(H,20,22)(H,18,19,21). The highest BCUT2D eigenvalue weighted by molar-refractivity contribution is 6.07. The number of nitrogens with one attached hydrogen (secondary N) is 2. The highest BCUT2D eigenvalue weighted by Crippen LogP contribution is 2.23. The van der Waals surface area contributed by atoms with Crippen LogP contribution in [-0.4, -0.2) is 34.5 Å². The Kier molecular flexibility index (Phi) is 4.69. The van der Waals surface area contributed by atoms with E-state index in [-0.39, 0.29) is 12.3 Å². The Morgan fingerprint density at radius 2 is 2.04 bits per heavy atom. The van der Waals surface area contributed by atoms with Crippen LogP contribution in [0.5, 0.6) is 0 Å². The molecule has 3 rings (SSSR count). The molecule has 1 amide bonds. The third-order valence-electron chi connectivity index (χ3n) is 3.47. The molecular weight excluding hydrogens is 308 g/mol. The largest absolute Gasteiger partial charge is 0.462 e. The molecule has 2 aromatic rings. The maximum Gasteiger partial charge on any atom is 0.340 e. The van der Waals surface area contributed by atoms with Crippen LogP contribution < -0.4 is 10.6 Å². The average Bonchev–Trinajstić information content (AvgIpc) is 3.40. The molecule has 0 spiro atoms. The lowest BCUT2D eigenvalue weighted by molar-refractivity contribution is 0.0527. The van der Waals surface area contributed by atoms with Gasteiger partial charge >= 0.3 is 5.97 Å². The van der Waals surface area contributed by atoms with Gasteiger partial charge in [-0.2, -0.15) is 0 Å². The third kappa shape index (κ3) is 3.87. The van der Waals surface area contributed by atoms with Crippen molar-refractivity contribution in [2.45, 2.75) is 25.8 Å². The van der Waals surface area contributed by atoms with Gasteiger partial charge in [0.25, 0.3) is 5.91 Å². The van der Waals surface area contributed by atoms with Crippen molar-refractivity contribution in [3.8, 4) is 0 Å². The number of rotatable bonds is 6. The molecule has 1 fully saturated rings. The molecule has 1 saturated carbocycles. The predicted octanol–water partition coefficient (Wildman–Crippen LogP) is 2.48. The normalized spacial score (nSPS) is 13.2. The van der Waals surface area contributed by atoms with Crippen LogP contribution in [0.25, 0.3) is 0 Å². The Bertz CT molecular complexity index is 759. The number of benzene rings is 1. The van der Waals surface area contributed by atoms with Gasteiger partial charge in [0.2, 0.25) is 5.95 Å². The summed E-state index contributed by atoms with van der Waals surface area (Å²) in [7, 11) is 0. The summed E-state index contributed by atoms with van der Waals surface area (Å²) >= 11 is 0. The smallest absolute Gasteiger partial charge is 0.340 e. The molecule has 7 nitrogen and oxygen atoms in total. The first-order chi connectivity index (χ1) is 11.7. The zero-order valence-electron chi connectivity index (χ0n) is 13.3. The minimum absolute atomic E-state index is 0.229. The van der Waals surface area contributed by atoms with Crippen LogP contribution >= 0.6 is 0 Å². The van der Waals surface area contributed by atoms with Gasteiger partial charge in [0.1, 0.15) is 5.69 Å². The van der Waals surface area contributed by atoms with Crippen LogP contribution in [0.2, 0.25) is 0 Å². The SMILES string of the molecule is CCOC(=O)c1ccccc1NC(=O)c1ccnc(NC2CC2)n1. The molecule has 0 atom stereocenters. The van der Waals surface area contributed by atoms with Crippen molar-refractivity contribution in [2.75, 3.05) is 17.2 Å². The predicted molar refractivity (Wildman–Crippen MR) is 89.0 cm³/mol. The Morgan fingerprint density at radius 1 is 1.25 bits per heavy atom. The van der Waals surface area contributed by atoms with Crippen molar-refractivity contribution in [3.05, 3.63) is 47.8 Å². The highest BCUT2D eigenvalue weighted by Gasteiger charge is 2.22. The lowest BCUT2D eigenvalue weighted by Gasteiger charge is -2.10. The molecule has 1 aromatic heterocycles. The number of carbonyl (C=O) groups excluding carboxylic acids is 2. The van der Waals surface area contributed by atoms with Gasteiger partial charge in [-0.25, -0.2) is 14.8 Å². The number of amides is 1. The first-order valence-corrected chi connectivity index (χ1v) is 7.84. The van der Waals surface area contributed by atoms with E-state index in [1.54, 1.807) is 31.2 Å². The molecule has 0 saturated heterocycles. The molecular formula is C17H18N4O3. The summed E-state index contributed by atoms with van der Waals surface area (Å²) in [6.07, 6.45) is 3.71. The number of nitrogens with zero attached hydrogens (tertiary/aromatic N) is 2. The van der Waals surface area contributed by atoms with Crippen LogP contribution in [0.15, 0.2) is 36.5 Å². The maximum atomic E-state index is 12.4. The fourth-order valence-electron chi connectivity index (χ4n) is 2.13. The van der Waals surface area contributed by atoms with Gasteiger partial charge in [0, 0.05) is 12.2 Å². The van der Waals surface area contributed by atoms with Crippen LogP contribution in [0.4, 0.5) is 11.6 Å². The van der Waals surface area contributed by atoms with E-state index in [4.69, 9.17) is 4.74 Å². The number of anilines is 2. The molecule has 1 aromatic carbocycles. The van der Waals surface area contributed by atoms with Crippen molar-refractivity contribution in [1.82, 2.24) is 9.97 Å². The van der Waals surface area contributed by atoms with E-state index >= 15 is 0 Å². The first kappa shape index (κ1) is 15.9. The van der Waals surface area contributed by atoms with Gasteiger partial charge in [-0.15, -0.1) is 0 Å². The molecule has 124 valence electrons. The average molecular weight is 326 g/mol. The van der Waals surface area contributed by atoms with Gasteiger partial charge in [-0.1, -0.05) is 12.1 Å². The lowest BCUT2D eigenvalue weighted by atomic mass is 10.1. The van der Waals surface area contributed by atoms with Gasteiger partial charge < -0.3 is 15.4 Å². The molecule has 7 heteroatoms. The Morgan fingerprint density at radius 3 is 2.79 bits per heavy atom. The zero-order chi connectivity index (χ0) is 16.9. The Hall–Kier alpha value is -2.96. The quantitative estimate of drug-likeness (QED) is 0.792. The number of carbonyl (C=O) groups is 2. The van der Waals surface area contributed by atoms with Crippen LogP contribution in [0.1, 0.15) is 40.6 Å². The Balaban J connectivity index is 1.76. The topological polar surface area (TPSA) is 93.2 Å². The van der Waals surface area contributed by atoms with E-state index in [2.05, 4.69) is 20.6 Å². The van der Waals surface area contributed by atoms with Gasteiger partial charge in [-0.3, -0.25) is 4.79 Å². The minimum Gasteiger partial charge on any atom is -0.462 e. The number of aromatic nitrogens is 2. The number of hydrogen-bond acceptors (Lipinski definition) is 6. The van der Waals surface area contributed by atoms with Gasteiger partial charge in [0.15, 0.2) is 0 Å². The molecule has 0 aliphatic heterocycles. The minimum atomic E-state index is -0.479. The van der Waals surface area contributed by atoms with Crippen molar-refractivity contribution in [2.24, 2.45) is 0 Å².